The molecule has 0 spiro atoms. The largest absolute Gasteiger partial charge is 0.381 e. The number of hydrogen-bond donors (Lipinski definition) is 1. The van der Waals surface area contributed by atoms with E-state index in [0.29, 0.717) is 6.04 Å². The number of nitrogens with one attached hydrogen (secondary N) is 1. The molecular formula is C12H15FN2. The molecule has 1 aromatic carbocycles. The summed E-state index contributed by atoms with van der Waals surface area (Å²) < 4.78 is 13.2. The van der Waals surface area contributed by atoms with Crippen LogP contribution in [0.25, 0.3) is 0 Å². The predicted octanol–water partition coefficient (Wildman–Crippen LogP) is 2.61. The molecule has 1 N–H and O–H groups in total. The third-order valence-electron chi connectivity index (χ3n) is 3.42. The van der Waals surface area contributed by atoms with Gasteiger partial charge in [-0.3, -0.25) is 0 Å². The third-order valence-corrected chi connectivity index (χ3v) is 3.42. The molecular weight excluding hydrogens is 191 g/mol. The molecule has 2 aliphatic rings. The Hall–Kier alpha value is -1.25. The molecule has 2 nitrogen and oxygen atoms in total. The van der Waals surface area contributed by atoms with Gasteiger partial charge in [0, 0.05) is 19.1 Å². The summed E-state index contributed by atoms with van der Waals surface area (Å²) in [6, 6.07) is 5.58. The second kappa shape index (κ2) is 3.40. The van der Waals surface area contributed by atoms with E-state index in [4.69, 9.17) is 0 Å². The van der Waals surface area contributed by atoms with E-state index in [2.05, 4.69) is 10.2 Å². The van der Waals surface area contributed by atoms with Crippen LogP contribution in [0.5, 0.6) is 0 Å². The Labute approximate surface area is 89.1 Å². The molecule has 1 aromatic rings. The zero-order valence-electron chi connectivity index (χ0n) is 8.67. The highest BCUT2D eigenvalue weighted by Gasteiger charge is 2.28. The van der Waals surface area contributed by atoms with Crippen LogP contribution in [0, 0.1) is 5.82 Å². The normalized spacial score (nSPS) is 24.1. The Morgan fingerprint density at radius 2 is 2.27 bits per heavy atom. The van der Waals surface area contributed by atoms with Crippen molar-refractivity contribution in [3.8, 4) is 0 Å². The van der Waals surface area contributed by atoms with Crippen molar-refractivity contribution < 1.29 is 4.39 Å². The van der Waals surface area contributed by atoms with Gasteiger partial charge in [0.15, 0.2) is 0 Å². The molecule has 0 radical (unpaired) electrons. The van der Waals surface area contributed by atoms with Crippen LogP contribution in [0.3, 0.4) is 0 Å². The summed E-state index contributed by atoms with van der Waals surface area (Å²) in [5, 5.41) is 3.38. The first-order valence-electron chi connectivity index (χ1n) is 5.65. The summed E-state index contributed by atoms with van der Waals surface area (Å²) in [5.41, 5.74) is 2.13. The third kappa shape index (κ3) is 1.46. The predicted molar refractivity (Wildman–Crippen MR) is 59.9 cm³/mol. The van der Waals surface area contributed by atoms with Gasteiger partial charge in [-0.05, 0) is 37.5 Å². The van der Waals surface area contributed by atoms with Crippen LogP contribution in [0.15, 0.2) is 18.2 Å². The van der Waals surface area contributed by atoms with Crippen LogP contribution in [0.2, 0.25) is 0 Å². The van der Waals surface area contributed by atoms with E-state index in [1.165, 1.54) is 25.3 Å². The van der Waals surface area contributed by atoms with Crippen molar-refractivity contribution in [1.82, 2.24) is 0 Å². The molecule has 1 fully saturated rings. The molecule has 0 amide bonds. The summed E-state index contributed by atoms with van der Waals surface area (Å²) in [4.78, 5) is 2.36. The van der Waals surface area contributed by atoms with Crippen molar-refractivity contribution in [2.24, 2.45) is 0 Å². The molecule has 0 bridgehead atoms. The number of halogens is 1. The fourth-order valence-electron chi connectivity index (χ4n) is 2.65. The Kier molecular flexibility index (Phi) is 2.04. The second-order valence-electron chi connectivity index (χ2n) is 4.39. The molecule has 1 atom stereocenters. The topological polar surface area (TPSA) is 15.3 Å². The smallest absolute Gasteiger partial charge is 0.125 e. The van der Waals surface area contributed by atoms with Gasteiger partial charge in [-0.2, -0.15) is 0 Å². The van der Waals surface area contributed by atoms with E-state index in [-0.39, 0.29) is 5.82 Å². The zero-order valence-corrected chi connectivity index (χ0v) is 8.67. The maximum atomic E-state index is 13.2. The number of anilines is 2. The number of piperidine rings is 1. The summed E-state index contributed by atoms with van der Waals surface area (Å²) in [6.45, 7) is 2.07. The summed E-state index contributed by atoms with van der Waals surface area (Å²) in [6.07, 6.45) is 3.75. The van der Waals surface area contributed by atoms with Crippen LogP contribution in [-0.4, -0.2) is 19.1 Å². The molecule has 0 aromatic heterocycles. The Balaban J connectivity index is 2.01. The Bertz CT molecular complexity index is 378. The first-order chi connectivity index (χ1) is 7.34. The molecule has 80 valence electrons. The van der Waals surface area contributed by atoms with Crippen molar-refractivity contribution in [3.05, 3.63) is 24.0 Å². The van der Waals surface area contributed by atoms with Gasteiger partial charge in [0.1, 0.15) is 5.82 Å². The van der Waals surface area contributed by atoms with Crippen molar-refractivity contribution in [2.45, 2.75) is 25.3 Å². The van der Waals surface area contributed by atoms with E-state index < -0.39 is 0 Å². The average Bonchev–Trinajstić information content (AvgIpc) is 2.29. The van der Waals surface area contributed by atoms with Gasteiger partial charge >= 0.3 is 0 Å². The minimum absolute atomic E-state index is 0.137. The van der Waals surface area contributed by atoms with Crippen LogP contribution < -0.4 is 10.2 Å². The van der Waals surface area contributed by atoms with E-state index >= 15 is 0 Å². The van der Waals surface area contributed by atoms with Crippen molar-refractivity contribution in [3.63, 3.8) is 0 Å². The summed E-state index contributed by atoms with van der Waals surface area (Å²) in [5.74, 6) is -0.137. The lowest BCUT2D eigenvalue weighted by Gasteiger charge is -2.42. The molecule has 3 heteroatoms. The lowest BCUT2D eigenvalue weighted by molar-refractivity contribution is 0.465. The second-order valence-corrected chi connectivity index (χ2v) is 4.39. The number of rotatable bonds is 0. The van der Waals surface area contributed by atoms with Gasteiger partial charge in [0.2, 0.25) is 0 Å². The minimum atomic E-state index is -0.137. The van der Waals surface area contributed by atoms with Gasteiger partial charge in [0.25, 0.3) is 0 Å². The highest BCUT2D eigenvalue weighted by atomic mass is 19.1. The molecule has 1 saturated heterocycles. The lowest BCUT2D eigenvalue weighted by Crippen LogP contribution is -2.47. The minimum Gasteiger partial charge on any atom is -0.381 e. The van der Waals surface area contributed by atoms with Crippen molar-refractivity contribution >= 4 is 11.4 Å². The average molecular weight is 206 g/mol. The fourth-order valence-corrected chi connectivity index (χ4v) is 2.65. The highest BCUT2D eigenvalue weighted by molar-refractivity contribution is 5.73. The SMILES string of the molecule is Fc1ccc2c(c1)N1CCCCC1CN2. The summed E-state index contributed by atoms with van der Waals surface area (Å²) in [7, 11) is 0. The summed E-state index contributed by atoms with van der Waals surface area (Å²) >= 11 is 0. The van der Waals surface area contributed by atoms with E-state index in [0.717, 1.165) is 24.5 Å². The molecule has 0 aliphatic carbocycles. The van der Waals surface area contributed by atoms with Crippen molar-refractivity contribution in [1.29, 1.82) is 0 Å². The van der Waals surface area contributed by atoms with Gasteiger partial charge in [0.05, 0.1) is 11.4 Å². The maximum Gasteiger partial charge on any atom is 0.125 e. The van der Waals surface area contributed by atoms with Crippen LogP contribution in [0.4, 0.5) is 15.8 Å². The fraction of sp³-hybridized carbons (Fsp3) is 0.500. The van der Waals surface area contributed by atoms with Crippen LogP contribution in [0.1, 0.15) is 19.3 Å². The standard InChI is InChI=1S/C12H15FN2/c13-9-4-5-11-12(7-9)15-6-2-1-3-10(15)8-14-11/h4-5,7,10,14H,1-3,6,8H2. The van der Waals surface area contributed by atoms with Gasteiger partial charge in [-0.25, -0.2) is 4.39 Å². The Morgan fingerprint density at radius 1 is 1.33 bits per heavy atom. The number of benzene rings is 1. The number of hydrogen-bond acceptors (Lipinski definition) is 2. The molecule has 0 saturated carbocycles. The van der Waals surface area contributed by atoms with Gasteiger partial charge in [-0.15, -0.1) is 0 Å². The lowest BCUT2D eigenvalue weighted by atomic mass is 9.98. The van der Waals surface area contributed by atoms with E-state index in [1.807, 2.05) is 6.07 Å². The first-order valence-corrected chi connectivity index (χ1v) is 5.65. The number of nitrogens with zero attached hydrogens (tertiary/aromatic N) is 1. The molecule has 3 rings (SSSR count). The number of fused-ring (bicyclic) bond motifs is 3. The monoisotopic (exact) mass is 206 g/mol. The van der Waals surface area contributed by atoms with Crippen LogP contribution in [-0.2, 0) is 0 Å². The molecule has 1 unspecified atom stereocenters. The van der Waals surface area contributed by atoms with Gasteiger partial charge in [-0.1, -0.05) is 0 Å². The first kappa shape index (κ1) is 9.01. The molecule has 2 aliphatic heterocycles. The van der Waals surface area contributed by atoms with Gasteiger partial charge < -0.3 is 10.2 Å². The maximum absolute atomic E-state index is 13.2. The molecule has 15 heavy (non-hydrogen) atoms. The quantitative estimate of drug-likeness (QED) is 0.702. The van der Waals surface area contributed by atoms with Crippen LogP contribution >= 0.6 is 0 Å². The van der Waals surface area contributed by atoms with E-state index in [9.17, 15) is 4.39 Å². The highest BCUT2D eigenvalue weighted by Crippen LogP contribution is 2.35. The zero-order chi connectivity index (χ0) is 10.3. The van der Waals surface area contributed by atoms with E-state index in [1.54, 1.807) is 6.07 Å². The Morgan fingerprint density at radius 3 is 3.20 bits per heavy atom. The molecule has 2 heterocycles. The van der Waals surface area contributed by atoms with Crippen molar-refractivity contribution in [2.75, 3.05) is 23.3 Å².